The molecule has 0 spiro atoms. The Labute approximate surface area is 163 Å². The van der Waals surface area contributed by atoms with Gasteiger partial charge in [0.1, 0.15) is 6.10 Å². The van der Waals surface area contributed by atoms with Gasteiger partial charge >= 0.3 is 5.97 Å². The van der Waals surface area contributed by atoms with E-state index in [0.29, 0.717) is 0 Å². The monoisotopic (exact) mass is 370 g/mol. The number of aryl methyl sites for hydroxylation is 1. The van der Waals surface area contributed by atoms with Crippen molar-refractivity contribution in [1.82, 2.24) is 4.90 Å². The number of hydrogen-bond acceptors (Lipinski definition) is 4. The van der Waals surface area contributed by atoms with Crippen molar-refractivity contribution in [3.05, 3.63) is 29.8 Å². The van der Waals surface area contributed by atoms with Crippen LogP contribution in [0.4, 0.5) is 5.69 Å². The van der Waals surface area contributed by atoms with E-state index in [-0.39, 0.29) is 17.5 Å². The van der Waals surface area contributed by atoms with Crippen LogP contribution in [0, 0.1) is 24.2 Å². The Morgan fingerprint density at radius 2 is 1.67 bits per heavy atom. The molecule has 0 saturated carbocycles. The molecule has 3 aliphatic rings. The summed E-state index contributed by atoms with van der Waals surface area (Å²) in [7, 11) is 0. The molecule has 0 radical (unpaired) electrons. The summed E-state index contributed by atoms with van der Waals surface area (Å²) >= 11 is 0. The SMILES string of the molecule is CCC1(CC)C[C@@H](CCN2CC3CN(c4ccc(C)cc4)CC3C2)OC1=O. The standard InChI is InChI=1S/C23H34N2O2/c1-4-23(5-2)12-21(27-22(23)26)10-11-24-13-18-15-25(16-19(18)14-24)20-8-6-17(3)7-9-20/h6-9,18-19,21H,4-5,10-16H2,1-3H3/t18?,19?,21-/m1/s1. The first-order chi connectivity index (χ1) is 13.0. The molecule has 0 aromatic heterocycles. The molecule has 4 heteroatoms. The van der Waals surface area contributed by atoms with Crippen LogP contribution in [0.15, 0.2) is 24.3 Å². The highest BCUT2D eigenvalue weighted by Crippen LogP contribution is 2.41. The van der Waals surface area contributed by atoms with Gasteiger partial charge in [-0.2, -0.15) is 0 Å². The summed E-state index contributed by atoms with van der Waals surface area (Å²) < 4.78 is 5.72. The second-order valence-electron chi connectivity index (χ2n) is 9.03. The molecule has 3 fully saturated rings. The average molecular weight is 371 g/mol. The predicted octanol–water partition coefficient (Wildman–Crippen LogP) is 3.88. The van der Waals surface area contributed by atoms with Gasteiger partial charge in [-0.05, 0) is 50.2 Å². The molecule has 1 aromatic rings. The van der Waals surface area contributed by atoms with E-state index in [0.717, 1.165) is 44.1 Å². The number of nitrogens with zero attached hydrogens (tertiary/aromatic N) is 2. The van der Waals surface area contributed by atoms with Crippen molar-refractivity contribution >= 4 is 11.7 Å². The number of hydrogen-bond donors (Lipinski definition) is 0. The van der Waals surface area contributed by atoms with Crippen molar-refractivity contribution in [2.75, 3.05) is 37.6 Å². The summed E-state index contributed by atoms with van der Waals surface area (Å²) in [6.07, 6.45) is 3.85. The number of benzene rings is 1. The lowest BCUT2D eigenvalue weighted by Crippen LogP contribution is -2.30. The highest BCUT2D eigenvalue weighted by Gasteiger charge is 2.46. The number of likely N-dealkylation sites (tertiary alicyclic amines) is 1. The summed E-state index contributed by atoms with van der Waals surface area (Å²) in [6, 6.07) is 8.95. The highest BCUT2D eigenvalue weighted by atomic mass is 16.6. The van der Waals surface area contributed by atoms with Gasteiger partial charge in [-0.15, -0.1) is 0 Å². The van der Waals surface area contributed by atoms with Crippen LogP contribution < -0.4 is 4.90 Å². The largest absolute Gasteiger partial charge is 0.462 e. The Hall–Kier alpha value is -1.55. The van der Waals surface area contributed by atoms with Crippen LogP contribution in [-0.4, -0.2) is 49.7 Å². The first-order valence-corrected chi connectivity index (χ1v) is 10.8. The summed E-state index contributed by atoms with van der Waals surface area (Å²) in [4.78, 5) is 17.4. The number of ether oxygens (including phenoxy) is 1. The minimum atomic E-state index is -0.208. The maximum Gasteiger partial charge on any atom is 0.312 e. The summed E-state index contributed by atoms with van der Waals surface area (Å²) in [6.45, 7) is 12.2. The smallest absolute Gasteiger partial charge is 0.312 e. The minimum absolute atomic E-state index is 0.0459. The zero-order valence-electron chi connectivity index (χ0n) is 17.1. The van der Waals surface area contributed by atoms with E-state index < -0.39 is 0 Å². The van der Waals surface area contributed by atoms with Crippen LogP contribution in [0.1, 0.15) is 45.1 Å². The van der Waals surface area contributed by atoms with Gasteiger partial charge in [-0.1, -0.05) is 31.5 Å². The average Bonchev–Trinajstić information content (AvgIpc) is 3.32. The van der Waals surface area contributed by atoms with E-state index in [1.165, 1.54) is 37.4 Å². The van der Waals surface area contributed by atoms with E-state index in [2.05, 4.69) is 54.8 Å². The molecular formula is C23H34N2O2. The molecule has 0 aliphatic carbocycles. The lowest BCUT2D eigenvalue weighted by molar-refractivity contribution is -0.149. The molecule has 148 valence electrons. The molecule has 0 amide bonds. The van der Waals surface area contributed by atoms with Gasteiger partial charge < -0.3 is 14.5 Å². The second kappa shape index (κ2) is 7.46. The number of cyclic esters (lactones) is 1. The zero-order chi connectivity index (χ0) is 19.0. The number of anilines is 1. The molecule has 3 atom stereocenters. The third-order valence-electron chi connectivity index (χ3n) is 7.41. The highest BCUT2D eigenvalue weighted by molar-refractivity contribution is 5.78. The first kappa shape index (κ1) is 18.8. The van der Waals surface area contributed by atoms with E-state index in [1.807, 2.05) is 0 Å². The fraction of sp³-hybridized carbons (Fsp3) is 0.696. The number of rotatable bonds is 6. The van der Waals surface area contributed by atoms with Gasteiger partial charge in [0.25, 0.3) is 0 Å². The molecule has 0 bridgehead atoms. The van der Waals surface area contributed by atoms with Crippen LogP contribution in [0.2, 0.25) is 0 Å². The van der Waals surface area contributed by atoms with Crippen molar-refractivity contribution in [2.45, 2.75) is 52.6 Å². The Balaban J connectivity index is 1.25. The number of esters is 1. The predicted molar refractivity (Wildman–Crippen MR) is 109 cm³/mol. The van der Waals surface area contributed by atoms with E-state index in [9.17, 15) is 4.79 Å². The lowest BCUT2D eigenvalue weighted by atomic mass is 9.79. The Kier molecular flexibility index (Phi) is 5.19. The van der Waals surface area contributed by atoms with Crippen molar-refractivity contribution in [2.24, 2.45) is 17.3 Å². The van der Waals surface area contributed by atoms with Crippen LogP contribution in [0.5, 0.6) is 0 Å². The van der Waals surface area contributed by atoms with Gasteiger partial charge in [-0.3, -0.25) is 4.79 Å². The first-order valence-electron chi connectivity index (χ1n) is 10.8. The van der Waals surface area contributed by atoms with Crippen LogP contribution in [0.25, 0.3) is 0 Å². The zero-order valence-corrected chi connectivity index (χ0v) is 17.1. The van der Waals surface area contributed by atoms with Crippen LogP contribution in [0.3, 0.4) is 0 Å². The van der Waals surface area contributed by atoms with E-state index >= 15 is 0 Å². The molecule has 3 saturated heterocycles. The molecule has 4 nitrogen and oxygen atoms in total. The van der Waals surface area contributed by atoms with Crippen molar-refractivity contribution in [3.63, 3.8) is 0 Å². The Bertz CT molecular complexity index is 653. The maximum absolute atomic E-state index is 12.3. The summed E-state index contributed by atoms with van der Waals surface area (Å²) in [5.41, 5.74) is 2.49. The molecule has 3 heterocycles. The van der Waals surface area contributed by atoms with Crippen molar-refractivity contribution in [1.29, 1.82) is 0 Å². The summed E-state index contributed by atoms with van der Waals surface area (Å²) in [5.74, 6) is 1.61. The molecule has 4 rings (SSSR count). The third-order valence-corrected chi connectivity index (χ3v) is 7.41. The van der Waals surface area contributed by atoms with Gasteiger partial charge in [0.2, 0.25) is 0 Å². The van der Waals surface area contributed by atoms with Crippen LogP contribution in [-0.2, 0) is 9.53 Å². The number of fused-ring (bicyclic) bond motifs is 1. The van der Waals surface area contributed by atoms with E-state index in [4.69, 9.17) is 4.74 Å². The fourth-order valence-corrected chi connectivity index (χ4v) is 5.39. The quantitative estimate of drug-likeness (QED) is 0.712. The Morgan fingerprint density at radius 1 is 1.04 bits per heavy atom. The van der Waals surface area contributed by atoms with Gasteiger partial charge in [-0.25, -0.2) is 0 Å². The molecule has 0 N–H and O–H groups in total. The van der Waals surface area contributed by atoms with Crippen LogP contribution >= 0.6 is 0 Å². The number of carbonyl (C=O) groups excluding carboxylic acids is 1. The second-order valence-corrected chi connectivity index (χ2v) is 9.03. The Morgan fingerprint density at radius 3 is 2.22 bits per heavy atom. The minimum Gasteiger partial charge on any atom is -0.462 e. The molecule has 2 unspecified atom stereocenters. The van der Waals surface area contributed by atoms with Crippen molar-refractivity contribution < 1.29 is 9.53 Å². The fourth-order valence-electron chi connectivity index (χ4n) is 5.39. The normalized spacial score (nSPS) is 30.0. The van der Waals surface area contributed by atoms with Gasteiger partial charge in [0, 0.05) is 44.8 Å². The lowest BCUT2D eigenvalue weighted by Gasteiger charge is -2.24. The molecule has 1 aromatic carbocycles. The topological polar surface area (TPSA) is 32.8 Å². The maximum atomic E-state index is 12.3. The van der Waals surface area contributed by atoms with Gasteiger partial charge in [0.15, 0.2) is 0 Å². The van der Waals surface area contributed by atoms with Crippen molar-refractivity contribution in [3.8, 4) is 0 Å². The molecular weight excluding hydrogens is 336 g/mol. The van der Waals surface area contributed by atoms with Gasteiger partial charge in [0.05, 0.1) is 5.41 Å². The molecule has 3 aliphatic heterocycles. The molecule has 27 heavy (non-hydrogen) atoms. The third kappa shape index (κ3) is 3.61. The number of carbonyl (C=O) groups is 1. The van der Waals surface area contributed by atoms with E-state index in [1.54, 1.807) is 0 Å². The summed E-state index contributed by atoms with van der Waals surface area (Å²) in [5, 5.41) is 0.